The van der Waals surface area contributed by atoms with Gasteiger partial charge in [-0.05, 0) is 36.2 Å². The number of hydrogen-bond acceptors (Lipinski definition) is 3. The molecule has 0 spiro atoms. The molecule has 0 aliphatic heterocycles. The van der Waals surface area contributed by atoms with Crippen LogP contribution in [0.5, 0.6) is 5.75 Å². The first-order valence-corrected chi connectivity index (χ1v) is 4.27. The lowest BCUT2D eigenvalue weighted by Gasteiger charge is -2.03. The van der Waals surface area contributed by atoms with Crippen molar-refractivity contribution >= 4 is 6.21 Å². The fourth-order valence-electron chi connectivity index (χ4n) is 0.937. The highest BCUT2D eigenvalue weighted by atomic mass is 16.5. The van der Waals surface area contributed by atoms with Gasteiger partial charge in [0, 0.05) is 0 Å². The molecule has 1 N–H and O–H groups in total. The van der Waals surface area contributed by atoms with Crippen LogP contribution in [0.15, 0.2) is 29.4 Å². The highest BCUT2D eigenvalue weighted by Crippen LogP contribution is 2.11. The molecule has 0 aliphatic rings. The summed E-state index contributed by atoms with van der Waals surface area (Å²) in [7, 11) is 0. The van der Waals surface area contributed by atoms with Crippen LogP contribution in [0.2, 0.25) is 0 Å². The fraction of sp³-hybridized carbons (Fsp3) is 0.300. The second-order valence-electron chi connectivity index (χ2n) is 2.66. The molecule has 0 unspecified atom stereocenters. The summed E-state index contributed by atoms with van der Waals surface area (Å²) in [6.45, 7) is 2.79. The van der Waals surface area contributed by atoms with E-state index in [2.05, 4.69) is 12.1 Å². The third kappa shape index (κ3) is 3.15. The minimum absolute atomic E-state index is 0.730. The van der Waals surface area contributed by atoms with Gasteiger partial charge in [-0.2, -0.15) is 0 Å². The lowest BCUT2D eigenvalue weighted by molar-refractivity contribution is 0.317. The molecule has 1 aromatic rings. The lowest BCUT2D eigenvalue weighted by atomic mass is 10.2. The Morgan fingerprint density at radius 2 is 2.08 bits per heavy atom. The van der Waals surface area contributed by atoms with Crippen LogP contribution >= 0.6 is 0 Å². The fourth-order valence-corrected chi connectivity index (χ4v) is 0.937. The van der Waals surface area contributed by atoms with E-state index in [1.165, 1.54) is 6.21 Å². The smallest absolute Gasteiger partial charge is 0.119 e. The van der Waals surface area contributed by atoms with E-state index < -0.39 is 0 Å². The van der Waals surface area contributed by atoms with Crippen LogP contribution in [0.4, 0.5) is 0 Å². The van der Waals surface area contributed by atoms with Crippen molar-refractivity contribution in [1.29, 1.82) is 0 Å². The SMILES string of the molecule is CCCOc1ccc(C=NO)cc1. The quantitative estimate of drug-likeness (QED) is 0.437. The summed E-state index contributed by atoms with van der Waals surface area (Å²) in [6, 6.07) is 7.38. The predicted molar refractivity (Wildman–Crippen MR) is 51.6 cm³/mol. The number of benzene rings is 1. The molecule has 3 nitrogen and oxygen atoms in total. The molecule has 1 aromatic carbocycles. The van der Waals surface area contributed by atoms with Crippen LogP contribution in [-0.4, -0.2) is 18.0 Å². The zero-order valence-corrected chi connectivity index (χ0v) is 7.60. The third-order valence-corrected chi connectivity index (χ3v) is 1.56. The molecule has 0 amide bonds. The zero-order chi connectivity index (χ0) is 9.52. The number of ether oxygens (including phenoxy) is 1. The van der Waals surface area contributed by atoms with Crippen molar-refractivity contribution in [3.8, 4) is 5.75 Å². The Kier molecular flexibility index (Phi) is 3.82. The molecule has 0 saturated carbocycles. The summed E-state index contributed by atoms with van der Waals surface area (Å²) in [5.41, 5.74) is 0.853. The zero-order valence-electron chi connectivity index (χ0n) is 7.60. The van der Waals surface area contributed by atoms with Gasteiger partial charge in [0.2, 0.25) is 0 Å². The van der Waals surface area contributed by atoms with Gasteiger partial charge in [0.05, 0.1) is 12.8 Å². The first-order valence-electron chi connectivity index (χ1n) is 4.27. The second kappa shape index (κ2) is 5.19. The Balaban J connectivity index is 2.58. The van der Waals surface area contributed by atoms with E-state index in [4.69, 9.17) is 9.94 Å². The summed E-state index contributed by atoms with van der Waals surface area (Å²) in [4.78, 5) is 0. The Hall–Kier alpha value is -1.51. The van der Waals surface area contributed by atoms with E-state index in [0.29, 0.717) is 0 Å². The van der Waals surface area contributed by atoms with Crippen LogP contribution in [-0.2, 0) is 0 Å². The number of nitrogens with zero attached hydrogens (tertiary/aromatic N) is 1. The number of oxime groups is 1. The lowest BCUT2D eigenvalue weighted by Crippen LogP contribution is -1.94. The maximum atomic E-state index is 8.27. The molecule has 1 rings (SSSR count). The van der Waals surface area contributed by atoms with Gasteiger partial charge in [-0.25, -0.2) is 0 Å². The molecule has 13 heavy (non-hydrogen) atoms. The summed E-state index contributed by atoms with van der Waals surface area (Å²) in [6.07, 6.45) is 2.38. The largest absolute Gasteiger partial charge is 0.494 e. The third-order valence-electron chi connectivity index (χ3n) is 1.56. The molecule has 0 atom stereocenters. The molecule has 0 heterocycles. The maximum absolute atomic E-state index is 8.27. The monoisotopic (exact) mass is 179 g/mol. The molecular formula is C10H13NO2. The summed E-state index contributed by atoms with van der Waals surface area (Å²) < 4.78 is 5.38. The van der Waals surface area contributed by atoms with E-state index in [9.17, 15) is 0 Å². The summed E-state index contributed by atoms with van der Waals surface area (Å²) in [5.74, 6) is 0.844. The van der Waals surface area contributed by atoms with Gasteiger partial charge in [-0.3, -0.25) is 0 Å². The van der Waals surface area contributed by atoms with E-state index in [1.807, 2.05) is 24.3 Å². The minimum atomic E-state index is 0.730. The molecule has 0 aliphatic carbocycles. The van der Waals surface area contributed by atoms with Crippen LogP contribution in [0.25, 0.3) is 0 Å². The van der Waals surface area contributed by atoms with Gasteiger partial charge in [0.25, 0.3) is 0 Å². The van der Waals surface area contributed by atoms with Crippen molar-refractivity contribution in [1.82, 2.24) is 0 Å². The predicted octanol–water partition coefficient (Wildman–Crippen LogP) is 2.28. The Morgan fingerprint density at radius 3 is 2.62 bits per heavy atom. The molecular weight excluding hydrogens is 166 g/mol. The molecule has 0 bridgehead atoms. The van der Waals surface area contributed by atoms with E-state index in [-0.39, 0.29) is 0 Å². The summed E-state index contributed by atoms with van der Waals surface area (Å²) >= 11 is 0. The highest BCUT2D eigenvalue weighted by Gasteiger charge is 1.92. The molecule has 0 saturated heterocycles. The van der Waals surface area contributed by atoms with Gasteiger partial charge >= 0.3 is 0 Å². The van der Waals surface area contributed by atoms with Gasteiger partial charge in [-0.15, -0.1) is 0 Å². The topological polar surface area (TPSA) is 41.8 Å². The van der Waals surface area contributed by atoms with Crippen molar-refractivity contribution in [2.24, 2.45) is 5.16 Å². The summed E-state index contributed by atoms with van der Waals surface area (Å²) in [5, 5.41) is 11.2. The van der Waals surface area contributed by atoms with Crippen molar-refractivity contribution in [2.45, 2.75) is 13.3 Å². The van der Waals surface area contributed by atoms with E-state index in [0.717, 1.165) is 24.3 Å². The van der Waals surface area contributed by atoms with Crippen LogP contribution < -0.4 is 4.74 Å². The van der Waals surface area contributed by atoms with Crippen LogP contribution in [0.1, 0.15) is 18.9 Å². The van der Waals surface area contributed by atoms with Gasteiger partial charge in [0.1, 0.15) is 5.75 Å². The van der Waals surface area contributed by atoms with Crippen LogP contribution in [0.3, 0.4) is 0 Å². The average molecular weight is 179 g/mol. The first-order chi connectivity index (χ1) is 6.36. The average Bonchev–Trinajstić information content (AvgIpc) is 2.17. The maximum Gasteiger partial charge on any atom is 0.119 e. The molecule has 0 aromatic heterocycles. The molecule has 0 radical (unpaired) electrons. The number of hydrogen-bond donors (Lipinski definition) is 1. The highest BCUT2D eigenvalue weighted by molar-refractivity contribution is 5.79. The van der Waals surface area contributed by atoms with Crippen molar-refractivity contribution in [3.63, 3.8) is 0 Å². The van der Waals surface area contributed by atoms with Gasteiger partial charge in [0.15, 0.2) is 0 Å². The van der Waals surface area contributed by atoms with Crippen molar-refractivity contribution in [2.75, 3.05) is 6.61 Å². The van der Waals surface area contributed by atoms with Crippen LogP contribution in [0, 0.1) is 0 Å². The minimum Gasteiger partial charge on any atom is -0.494 e. The Labute approximate surface area is 77.6 Å². The normalized spacial score (nSPS) is 10.5. The molecule has 3 heteroatoms. The van der Waals surface area contributed by atoms with E-state index >= 15 is 0 Å². The van der Waals surface area contributed by atoms with Gasteiger partial charge < -0.3 is 9.94 Å². The second-order valence-corrected chi connectivity index (χ2v) is 2.66. The Morgan fingerprint density at radius 1 is 1.38 bits per heavy atom. The first kappa shape index (κ1) is 9.58. The standard InChI is InChI=1S/C10H13NO2/c1-2-7-13-10-5-3-9(4-6-10)8-11-12/h3-6,8,12H,2,7H2,1H3. The molecule has 70 valence electrons. The Bertz CT molecular complexity index is 267. The van der Waals surface area contributed by atoms with E-state index in [1.54, 1.807) is 0 Å². The van der Waals surface area contributed by atoms with Crippen molar-refractivity contribution in [3.05, 3.63) is 29.8 Å². The number of rotatable bonds is 4. The molecule has 0 fully saturated rings. The van der Waals surface area contributed by atoms with Crippen molar-refractivity contribution < 1.29 is 9.94 Å². The van der Waals surface area contributed by atoms with Gasteiger partial charge in [-0.1, -0.05) is 12.1 Å².